The molecule has 4 heteroatoms. The van der Waals surface area contributed by atoms with Gasteiger partial charge in [0, 0.05) is 35.4 Å². The van der Waals surface area contributed by atoms with Crippen molar-refractivity contribution in [3.8, 4) is 0 Å². The van der Waals surface area contributed by atoms with Crippen LogP contribution in [0.2, 0.25) is 5.02 Å². The van der Waals surface area contributed by atoms with Gasteiger partial charge in [0.15, 0.2) is 0 Å². The summed E-state index contributed by atoms with van der Waals surface area (Å²) in [7, 11) is 1.93. The summed E-state index contributed by atoms with van der Waals surface area (Å²) < 4.78 is 3.99. The van der Waals surface area contributed by atoms with Crippen molar-refractivity contribution >= 4 is 22.5 Å². The van der Waals surface area contributed by atoms with Crippen LogP contribution < -0.4 is 0 Å². The van der Waals surface area contributed by atoms with Crippen molar-refractivity contribution in [1.29, 1.82) is 0 Å². The summed E-state index contributed by atoms with van der Waals surface area (Å²) in [5.41, 5.74) is 2.24. The lowest BCUT2D eigenvalue weighted by molar-refractivity contribution is 0.716. The Morgan fingerprint density at radius 3 is 2.82 bits per heavy atom. The van der Waals surface area contributed by atoms with E-state index in [0.29, 0.717) is 0 Å². The molecule has 0 atom stereocenters. The van der Waals surface area contributed by atoms with Gasteiger partial charge in [-0.25, -0.2) is 0 Å². The van der Waals surface area contributed by atoms with Crippen LogP contribution in [0.1, 0.15) is 5.69 Å². The standard InChI is InChI=1S/C13H12ClN3/c1-16-6-5-12(15-16)9-17-7-4-10-8-11(14)2-3-13(10)17/h2-8H,9H2,1H3. The van der Waals surface area contributed by atoms with E-state index < -0.39 is 0 Å². The van der Waals surface area contributed by atoms with E-state index >= 15 is 0 Å². The highest BCUT2D eigenvalue weighted by Gasteiger charge is 2.03. The van der Waals surface area contributed by atoms with Crippen molar-refractivity contribution in [3.05, 3.63) is 53.4 Å². The molecule has 0 bridgehead atoms. The van der Waals surface area contributed by atoms with Crippen LogP contribution in [0.4, 0.5) is 0 Å². The monoisotopic (exact) mass is 245 g/mol. The van der Waals surface area contributed by atoms with Crippen LogP contribution in [-0.4, -0.2) is 14.3 Å². The molecule has 0 spiro atoms. The predicted molar refractivity (Wildman–Crippen MR) is 69.3 cm³/mol. The summed E-state index contributed by atoms with van der Waals surface area (Å²) in [6, 6.07) is 10.0. The minimum atomic E-state index is 0.771. The molecule has 2 aromatic heterocycles. The lowest BCUT2D eigenvalue weighted by atomic mass is 10.2. The molecule has 0 aliphatic heterocycles. The maximum atomic E-state index is 5.97. The minimum Gasteiger partial charge on any atom is -0.341 e. The molecule has 86 valence electrons. The highest BCUT2D eigenvalue weighted by molar-refractivity contribution is 6.31. The number of nitrogens with zero attached hydrogens (tertiary/aromatic N) is 3. The fourth-order valence-electron chi connectivity index (χ4n) is 2.03. The third-order valence-corrected chi connectivity index (χ3v) is 3.07. The number of aryl methyl sites for hydroxylation is 1. The SMILES string of the molecule is Cn1ccc(Cn2ccc3cc(Cl)ccc32)n1. The lowest BCUT2D eigenvalue weighted by Crippen LogP contribution is -1.99. The summed E-state index contributed by atoms with van der Waals surface area (Å²) >= 11 is 5.97. The molecule has 3 aromatic rings. The molecule has 0 unspecified atom stereocenters. The fraction of sp³-hybridized carbons (Fsp3) is 0.154. The van der Waals surface area contributed by atoms with E-state index in [1.807, 2.05) is 42.2 Å². The van der Waals surface area contributed by atoms with Crippen LogP contribution in [0.5, 0.6) is 0 Å². The topological polar surface area (TPSA) is 22.8 Å². The largest absolute Gasteiger partial charge is 0.341 e. The maximum absolute atomic E-state index is 5.97. The van der Waals surface area contributed by atoms with Crippen molar-refractivity contribution in [1.82, 2.24) is 14.3 Å². The molecule has 0 saturated heterocycles. The van der Waals surface area contributed by atoms with E-state index in [1.165, 1.54) is 5.52 Å². The van der Waals surface area contributed by atoms with E-state index in [2.05, 4.69) is 21.9 Å². The molecule has 3 rings (SSSR count). The molecule has 0 saturated carbocycles. The van der Waals surface area contributed by atoms with Crippen LogP contribution in [0.25, 0.3) is 10.9 Å². The Balaban J connectivity index is 2.00. The first kappa shape index (κ1) is 10.4. The maximum Gasteiger partial charge on any atom is 0.0821 e. The van der Waals surface area contributed by atoms with Gasteiger partial charge >= 0.3 is 0 Å². The Morgan fingerprint density at radius 1 is 1.18 bits per heavy atom. The second-order valence-corrected chi connectivity index (χ2v) is 4.56. The highest BCUT2D eigenvalue weighted by atomic mass is 35.5. The third kappa shape index (κ3) is 1.94. The number of benzene rings is 1. The zero-order chi connectivity index (χ0) is 11.8. The second-order valence-electron chi connectivity index (χ2n) is 4.13. The molecule has 1 aromatic carbocycles. The second kappa shape index (κ2) is 3.93. The van der Waals surface area contributed by atoms with Crippen molar-refractivity contribution in [2.45, 2.75) is 6.54 Å². The van der Waals surface area contributed by atoms with Crippen molar-refractivity contribution in [3.63, 3.8) is 0 Å². The number of hydrogen-bond donors (Lipinski definition) is 0. The Kier molecular flexibility index (Phi) is 2.41. The molecule has 2 heterocycles. The van der Waals surface area contributed by atoms with Gasteiger partial charge < -0.3 is 4.57 Å². The minimum absolute atomic E-state index is 0.771. The molecule has 0 aliphatic carbocycles. The summed E-state index contributed by atoms with van der Waals surface area (Å²) in [6.45, 7) is 0.784. The number of aromatic nitrogens is 3. The van der Waals surface area contributed by atoms with E-state index in [1.54, 1.807) is 0 Å². The van der Waals surface area contributed by atoms with Crippen molar-refractivity contribution < 1.29 is 0 Å². The molecule has 0 amide bonds. The Bertz CT molecular complexity index is 666. The molecule has 0 N–H and O–H groups in total. The van der Waals surface area contributed by atoms with E-state index in [4.69, 9.17) is 11.6 Å². The van der Waals surface area contributed by atoms with Gasteiger partial charge in [-0.2, -0.15) is 5.10 Å². The first-order chi connectivity index (χ1) is 8.22. The Morgan fingerprint density at radius 2 is 2.06 bits per heavy atom. The van der Waals surface area contributed by atoms with Gasteiger partial charge in [0.2, 0.25) is 0 Å². The van der Waals surface area contributed by atoms with Crippen molar-refractivity contribution in [2.75, 3.05) is 0 Å². The summed E-state index contributed by atoms with van der Waals surface area (Å²) in [6.07, 6.45) is 4.02. The van der Waals surface area contributed by atoms with E-state index in [-0.39, 0.29) is 0 Å². The smallest absolute Gasteiger partial charge is 0.0821 e. The quantitative estimate of drug-likeness (QED) is 0.680. The molecule has 17 heavy (non-hydrogen) atoms. The number of halogens is 1. The van der Waals surface area contributed by atoms with Gasteiger partial charge in [-0.05, 0) is 30.3 Å². The Labute approximate surface area is 104 Å². The molecule has 0 fully saturated rings. The molecule has 0 aliphatic rings. The molecule has 0 radical (unpaired) electrons. The third-order valence-electron chi connectivity index (χ3n) is 2.83. The number of rotatable bonds is 2. The molecule has 3 nitrogen and oxygen atoms in total. The fourth-order valence-corrected chi connectivity index (χ4v) is 2.21. The van der Waals surface area contributed by atoms with Crippen LogP contribution >= 0.6 is 11.6 Å². The predicted octanol–water partition coefficient (Wildman–Crippen LogP) is 3.08. The number of fused-ring (bicyclic) bond motifs is 1. The van der Waals surface area contributed by atoms with E-state index in [9.17, 15) is 0 Å². The summed E-state index contributed by atoms with van der Waals surface area (Å²) in [4.78, 5) is 0. The Hall–Kier alpha value is -1.74. The van der Waals surface area contributed by atoms with Gasteiger partial charge in [-0.3, -0.25) is 4.68 Å². The normalized spacial score (nSPS) is 11.2. The van der Waals surface area contributed by atoms with Gasteiger partial charge in [-0.15, -0.1) is 0 Å². The van der Waals surface area contributed by atoms with Crippen molar-refractivity contribution in [2.24, 2.45) is 7.05 Å². The summed E-state index contributed by atoms with van der Waals surface area (Å²) in [5, 5.41) is 6.31. The van der Waals surface area contributed by atoms with Gasteiger partial charge in [-0.1, -0.05) is 11.6 Å². The summed E-state index contributed by atoms with van der Waals surface area (Å²) in [5.74, 6) is 0. The van der Waals surface area contributed by atoms with Gasteiger partial charge in [0.1, 0.15) is 0 Å². The van der Waals surface area contributed by atoms with Crippen LogP contribution in [0.3, 0.4) is 0 Å². The lowest BCUT2D eigenvalue weighted by Gasteiger charge is -2.02. The number of hydrogen-bond acceptors (Lipinski definition) is 1. The average molecular weight is 246 g/mol. The average Bonchev–Trinajstić information content (AvgIpc) is 2.86. The van der Waals surface area contributed by atoms with E-state index in [0.717, 1.165) is 22.6 Å². The zero-order valence-corrected chi connectivity index (χ0v) is 10.2. The zero-order valence-electron chi connectivity index (χ0n) is 9.47. The molecular formula is C13H12ClN3. The van der Waals surface area contributed by atoms with Gasteiger partial charge in [0.25, 0.3) is 0 Å². The molecular weight excluding hydrogens is 234 g/mol. The van der Waals surface area contributed by atoms with Crippen LogP contribution in [-0.2, 0) is 13.6 Å². The first-order valence-electron chi connectivity index (χ1n) is 5.45. The highest BCUT2D eigenvalue weighted by Crippen LogP contribution is 2.21. The first-order valence-corrected chi connectivity index (χ1v) is 5.83. The van der Waals surface area contributed by atoms with Crippen LogP contribution in [0, 0.1) is 0 Å². The van der Waals surface area contributed by atoms with Crippen LogP contribution in [0.15, 0.2) is 42.7 Å². The van der Waals surface area contributed by atoms with Gasteiger partial charge in [0.05, 0.1) is 12.2 Å².